The topological polar surface area (TPSA) is 40.5 Å². The minimum absolute atomic E-state index is 0.0428. The van der Waals surface area contributed by atoms with Crippen LogP contribution in [0.1, 0.15) is 12.8 Å². The quantitative estimate of drug-likeness (QED) is 0.493. The number of hydrogen-bond donors (Lipinski definition) is 2. The molecule has 0 spiro atoms. The molecule has 0 aliphatic heterocycles. The Morgan fingerprint density at radius 3 is 2.38 bits per heavy atom. The molecular formula is C5H11BO2. The maximum atomic E-state index is 8.81. The van der Waals surface area contributed by atoms with E-state index in [4.69, 9.17) is 18.1 Å². The monoisotopic (exact) mass is 114 g/mol. The van der Waals surface area contributed by atoms with Crippen LogP contribution in [-0.4, -0.2) is 30.8 Å². The van der Waals surface area contributed by atoms with Gasteiger partial charge in [0.25, 0.3) is 0 Å². The van der Waals surface area contributed by atoms with Crippen LogP contribution in [0.15, 0.2) is 0 Å². The first-order valence-electron chi connectivity index (χ1n) is 2.80. The molecular weight excluding hydrogens is 103 g/mol. The van der Waals surface area contributed by atoms with Gasteiger partial charge in [0.1, 0.15) is 0 Å². The van der Waals surface area contributed by atoms with Crippen LogP contribution in [0, 0.1) is 0 Å². The summed E-state index contributed by atoms with van der Waals surface area (Å²) in [7, 11) is 5.12. The molecule has 0 aliphatic carbocycles. The van der Waals surface area contributed by atoms with Crippen molar-refractivity contribution in [2.24, 2.45) is 0 Å². The molecule has 0 saturated heterocycles. The van der Waals surface area contributed by atoms with Gasteiger partial charge in [-0.3, -0.25) is 0 Å². The molecule has 0 heterocycles. The van der Waals surface area contributed by atoms with Gasteiger partial charge in [0.2, 0.25) is 0 Å². The Kier molecular flexibility index (Phi) is 5.12. The number of rotatable bonds is 4. The van der Waals surface area contributed by atoms with Crippen LogP contribution in [0.3, 0.4) is 0 Å². The van der Waals surface area contributed by atoms with Gasteiger partial charge >= 0.3 is 0 Å². The minimum Gasteiger partial charge on any atom is -0.396 e. The average Bonchev–Trinajstić information content (AvgIpc) is 1.68. The fraction of sp³-hybridized carbons (Fsp3) is 1.00. The van der Waals surface area contributed by atoms with E-state index in [2.05, 4.69) is 0 Å². The van der Waals surface area contributed by atoms with E-state index in [1.807, 2.05) is 0 Å². The van der Waals surface area contributed by atoms with E-state index in [0.717, 1.165) is 0 Å². The van der Waals surface area contributed by atoms with Gasteiger partial charge in [-0.05, 0) is 12.8 Å². The number of aliphatic hydroxyl groups is 2. The molecule has 0 amide bonds. The van der Waals surface area contributed by atoms with Crippen molar-refractivity contribution in [1.82, 2.24) is 0 Å². The van der Waals surface area contributed by atoms with Crippen molar-refractivity contribution in [3.05, 3.63) is 0 Å². The smallest absolute Gasteiger partial charge is 0.0654 e. The van der Waals surface area contributed by atoms with E-state index < -0.39 is 6.10 Å². The van der Waals surface area contributed by atoms with Crippen molar-refractivity contribution in [3.8, 4) is 0 Å². The summed E-state index contributed by atoms with van der Waals surface area (Å²) in [6.45, 7) is 0.0428. The lowest BCUT2D eigenvalue weighted by Gasteiger charge is -2.04. The van der Waals surface area contributed by atoms with E-state index >= 15 is 0 Å². The Hall–Kier alpha value is -0.0151. The lowest BCUT2D eigenvalue weighted by molar-refractivity contribution is 0.130. The molecule has 0 aliphatic rings. The zero-order chi connectivity index (χ0) is 6.41. The molecule has 1 atom stereocenters. The summed E-state index contributed by atoms with van der Waals surface area (Å²) in [4.78, 5) is 0. The van der Waals surface area contributed by atoms with Crippen LogP contribution in [0.25, 0.3) is 0 Å². The van der Waals surface area contributed by atoms with Crippen molar-refractivity contribution in [2.45, 2.75) is 25.3 Å². The van der Waals surface area contributed by atoms with Gasteiger partial charge in [-0.2, -0.15) is 0 Å². The van der Waals surface area contributed by atoms with Gasteiger partial charge in [-0.1, -0.05) is 6.32 Å². The molecule has 0 aromatic heterocycles. The molecule has 0 saturated carbocycles. The normalized spacial score (nSPS) is 13.8. The van der Waals surface area contributed by atoms with Crippen molar-refractivity contribution < 1.29 is 10.2 Å². The van der Waals surface area contributed by atoms with Gasteiger partial charge in [0.15, 0.2) is 0 Å². The first kappa shape index (κ1) is 7.98. The highest BCUT2D eigenvalue weighted by Crippen LogP contribution is 1.97. The Balaban J connectivity index is 2.92. The standard InChI is InChI=1S/C5H11BO2/c6-3-1-5(8)2-4-7/h5,7-8H,1-4H2. The van der Waals surface area contributed by atoms with Crippen LogP contribution in [0.2, 0.25) is 6.32 Å². The third-order valence-corrected chi connectivity index (χ3v) is 0.962. The molecule has 46 valence electrons. The Morgan fingerprint density at radius 2 is 2.00 bits per heavy atom. The fourth-order valence-electron chi connectivity index (χ4n) is 0.486. The Labute approximate surface area is 50.9 Å². The average molecular weight is 114 g/mol. The van der Waals surface area contributed by atoms with E-state index in [9.17, 15) is 0 Å². The summed E-state index contributed by atoms with van der Waals surface area (Å²) in [5.41, 5.74) is 0. The molecule has 2 radical (unpaired) electrons. The van der Waals surface area contributed by atoms with Gasteiger partial charge < -0.3 is 10.2 Å². The van der Waals surface area contributed by atoms with E-state index in [-0.39, 0.29) is 6.61 Å². The maximum absolute atomic E-state index is 8.81. The lowest BCUT2D eigenvalue weighted by Crippen LogP contribution is -2.07. The summed E-state index contributed by atoms with van der Waals surface area (Å²) >= 11 is 0. The molecule has 2 N–H and O–H groups in total. The molecule has 1 unspecified atom stereocenters. The van der Waals surface area contributed by atoms with Crippen molar-refractivity contribution >= 4 is 7.85 Å². The number of aliphatic hydroxyl groups excluding tert-OH is 2. The summed E-state index contributed by atoms with van der Waals surface area (Å²) in [5, 5.41) is 17.1. The molecule has 0 aromatic carbocycles. The summed E-state index contributed by atoms with van der Waals surface area (Å²) in [6, 6.07) is 0. The molecule has 8 heavy (non-hydrogen) atoms. The SMILES string of the molecule is [B]CCC(O)CCO. The van der Waals surface area contributed by atoms with Crippen molar-refractivity contribution in [3.63, 3.8) is 0 Å². The van der Waals surface area contributed by atoms with Crippen LogP contribution in [-0.2, 0) is 0 Å². The Bertz CT molecular complexity index is 43.7. The summed E-state index contributed by atoms with van der Waals surface area (Å²) < 4.78 is 0. The second-order valence-electron chi connectivity index (χ2n) is 1.74. The minimum atomic E-state index is -0.412. The molecule has 2 nitrogen and oxygen atoms in total. The Morgan fingerprint density at radius 1 is 1.38 bits per heavy atom. The second-order valence-corrected chi connectivity index (χ2v) is 1.74. The molecule has 0 rings (SSSR count). The highest BCUT2D eigenvalue weighted by Gasteiger charge is 1.98. The highest BCUT2D eigenvalue weighted by atomic mass is 16.3. The van der Waals surface area contributed by atoms with Crippen LogP contribution in [0.4, 0.5) is 0 Å². The molecule has 0 fully saturated rings. The van der Waals surface area contributed by atoms with Crippen molar-refractivity contribution in [2.75, 3.05) is 6.61 Å². The van der Waals surface area contributed by atoms with Gasteiger partial charge in [0.05, 0.1) is 14.0 Å². The first-order chi connectivity index (χ1) is 3.81. The van der Waals surface area contributed by atoms with E-state index in [1.54, 1.807) is 0 Å². The third-order valence-electron chi connectivity index (χ3n) is 0.962. The molecule has 0 bridgehead atoms. The predicted molar refractivity (Wildman–Crippen MR) is 32.9 cm³/mol. The van der Waals surface area contributed by atoms with Crippen molar-refractivity contribution in [1.29, 1.82) is 0 Å². The van der Waals surface area contributed by atoms with Crippen LogP contribution < -0.4 is 0 Å². The molecule has 0 aromatic rings. The second kappa shape index (κ2) is 5.13. The zero-order valence-electron chi connectivity index (χ0n) is 4.88. The maximum Gasteiger partial charge on any atom is 0.0654 e. The zero-order valence-corrected chi connectivity index (χ0v) is 4.88. The van der Waals surface area contributed by atoms with Crippen LogP contribution in [0.5, 0.6) is 0 Å². The molecule has 3 heteroatoms. The summed E-state index contributed by atoms with van der Waals surface area (Å²) in [5.74, 6) is 0. The number of hydrogen-bond acceptors (Lipinski definition) is 2. The van der Waals surface area contributed by atoms with Crippen LogP contribution >= 0.6 is 0 Å². The van der Waals surface area contributed by atoms with Gasteiger partial charge in [0, 0.05) is 6.61 Å². The van der Waals surface area contributed by atoms with Gasteiger partial charge in [-0.15, -0.1) is 0 Å². The highest BCUT2D eigenvalue weighted by molar-refractivity contribution is 6.08. The van der Waals surface area contributed by atoms with E-state index in [0.29, 0.717) is 19.2 Å². The first-order valence-corrected chi connectivity index (χ1v) is 2.80. The largest absolute Gasteiger partial charge is 0.396 e. The summed E-state index contributed by atoms with van der Waals surface area (Å²) in [6.07, 6.45) is 1.10. The lowest BCUT2D eigenvalue weighted by atomic mass is 9.98. The van der Waals surface area contributed by atoms with Gasteiger partial charge in [-0.25, -0.2) is 0 Å². The third kappa shape index (κ3) is 4.15. The fourth-order valence-corrected chi connectivity index (χ4v) is 0.486. The predicted octanol–water partition coefficient (Wildman–Crippen LogP) is -0.293. The van der Waals surface area contributed by atoms with E-state index in [1.165, 1.54) is 0 Å².